The minimum absolute atomic E-state index is 0.566. The second-order valence-electron chi connectivity index (χ2n) is 6.24. The number of benzene rings is 1. The average molecular weight is 344 g/mol. The fraction of sp³-hybridized carbons (Fsp3) is 0.190. The quantitative estimate of drug-likeness (QED) is 0.707. The first-order valence-corrected chi connectivity index (χ1v) is 8.71. The maximum atomic E-state index is 5.90. The molecule has 0 spiro atoms. The molecule has 4 rings (SSSR count). The van der Waals surface area contributed by atoms with Crippen LogP contribution < -0.4 is 9.64 Å². The van der Waals surface area contributed by atoms with Crippen LogP contribution >= 0.6 is 0 Å². The Morgan fingerprint density at radius 1 is 1.04 bits per heavy atom. The third kappa shape index (κ3) is 3.72. The first kappa shape index (κ1) is 16.3. The van der Waals surface area contributed by atoms with E-state index in [9.17, 15) is 0 Å². The molecule has 3 aromatic rings. The van der Waals surface area contributed by atoms with Crippen LogP contribution in [0.3, 0.4) is 0 Å². The van der Waals surface area contributed by atoms with Crippen molar-refractivity contribution in [1.82, 2.24) is 15.0 Å². The zero-order valence-corrected chi connectivity index (χ0v) is 14.7. The minimum atomic E-state index is 0.566. The van der Waals surface area contributed by atoms with Crippen LogP contribution in [-0.2, 0) is 0 Å². The lowest BCUT2D eigenvalue weighted by Gasteiger charge is -2.28. The van der Waals surface area contributed by atoms with Crippen molar-refractivity contribution in [1.29, 1.82) is 0 Å². The highest BCUT2D eigenvalue weighted by Gasteiger charge is 2.18. The molecule has 0 unspecified atom stereocenters. The van der Waals surface area contributed by atoms with Crippen LogP contribution in [0.1, 0.15) is 17.7 Å². The fourth-order valence-corrected chi connectivity index (χ4v) is 3.00. The van der Waals surface area contributed by atoms with Crippen LogP contribution in [0.5, 0.6) is 11.6 Å². The molecule has 2 aromatic heterocycles. The van der Waals surface area contributed by atoms with Gasteiger partial charge in [0.15, 0.2) is 0 Å². The van der Waals surface area contributed by atoms with Crippen molar-refractivity contribution in [2.75, 3.05) is 18.0 Å². The maximum absolute atomic E-state index is 5.90. The van der Waals surface area contributed by atoms with Crippen LogP contribution in [0, 0.1) is 6.92 Å². The summed E-state index contributed by atoms with van der Waals surface area (Å²) in [5.41, 5.74) is 3.28. The molecule has 0 radical (unpaired) electrons. The standard InChI is InChI=1S/C21H20N4O/c1-16-13-20(26-19-9-3-2-4-10-19)24-21(23-16)25-12-6-8-18(15-25)17-7-5-11-22-14-17/h2-5,7-11,13-14H,6,12,15H2,1H3. The highest BCUT2D eigenvalue weighted by atomic mass is 16.5. The molecule has 1 aliphatic rings. The molecule has 0 aliphatic carbocycles. The summed E-state index contributed by atoms with van der Waals surface area (Å²) in [4.78, 5) is 15.7. The van der Waals surface area contributed by atoms with Crippen molar-refractivity contribution in [2.45, 2.75) is 13.3 Å². The molecule has 0 N–H and O–H groups in total. The lowest BCUT2D eigenvalue weighted by atomic mass is 10.0. The molecular weight excluding hydrogens is 324 g/mol. The molecule has 1 aliphatic heterocycles. The van der Waals surface area contributed by atoms with Crippen molar-refractivity contribution in [3.8, 4) is 11.6 Å². The van der Waals surface area contributed by atoms with E-state index in [-0.39, 0.29) is 0 Å². The second-order valence-corrected chi connectivity index (χ2v) is 6.24. The Morgan fingerprint density at radius 2 is 1.92 bits per heavy atom. The third-order valence-electron chi connectivity index (χ3n) is 4.25. The Balaban J connectivity index is 1.57. The average Bonchev–Trinajstić information content (AvgIpc) is 2.69. The smallest absolute Gasteiger partial charge is 0.229 e. The SMILES string of the molecule is Cc1cc(Oc2ccccc2)nc(N2CCC=C(c3cccnc3)C2)n1. The highest BCUT2D eigenvalue weighted by molar-refractivity contribution is 5.70. The van der Waals surface area contributed by atoms with Gasteiger partial charge < -0.3 is 9.64 Å². The van der Waals surface area contributed by atoms with Crippen molar-refractivity contribution in [3.05, 3.63) is 78.3 Å². The molecule has 0 amide bonds. The molecule has 0 bridgehead atoms. The van der Waals surface area contributed by atoms with Crippen LogP contribution in [-0.4, -0.2) is 28.0 Å². The van der Waals surface area contributed by atoms with E-state index in [1.165, 1.54) is 5.57 Å². The van der Waals surface area contributed by atoms with E-state index in [1.807, 2.05) is 55.6 Å². The number of hydrogen-bond donors (Lipinski definition) is 0. The minimum Gasteiger partial charge on any atom is -0.439 e. The van der Waals surface area contributed by atoms with Gasteiger partial charge in [0.05, 0.1) is 0 Å². The largest absolute Gasteiger partial charge is 0.439 e. The molecular formula is C21H20N4O. The van der Waals surface area contributed by atoms with E-state index < -0.39 is 0 Å². The van der Waals surface area contributed by atoms with Gasteiger partial charge in [0.25, 0.3) is 0 Å². The Hall–Kier alpha value is -3.21. The zero-order valence-electron chi connectivity index (χ0n) is 14.7. The summed E-state index contributed by atoms with van der Waals surface area (Å²) in [5.74, 6) is 2.03. The lowest BCUT2D eigenvalue weighted by molar-refractivity contribution is 0.460. The number of anilines is 1. The van der Waals surface area contributed by atoms with Crippen molar-refractivity contribution < 1.29 is 4.74 Å². The number of aromatic nitrogens is 3. The third-order valence-corrected chi connectivity index (χ3v) is 4.25. The van der Waals surface area contributed by atoms with Gasteiger partial charge in [-0.05, 0) is 42.7 Å². The zero-order chi connectivity index (χ0) is 17.8. The van der Waals surface area contributed by atoms with Gasteiger partial charge in [0.1, 0.15) is 5.75 Å². The molecule has 1 aromatic carbocycles. The van der Waals surface area contributed by atoms with Gasteiger partial charge in [-0.15, -0.1) is 0 Å². The van der Waals surface area contributed by atoms with Crippen molar-refractivity contribution >= 4 is 11.5 Å². The number of aryl methyl sites for hydroxylation is 1. The van der Waals surface area contributed by atoms with Gasteiger partial charge in [-0.3, -0.25) is 4.98 Å². The summed E-state index contributed by atoms with van der Waals surface area (Å²) in [6, 6.07) is 15.6. The number of ether oxygens (including phenoxy) is 1. The second kappa shape index (κ2) is 7.35. The van der Waals surface area contributed by atoms with E-state index >= 15 is 0 Å². The molecule has 5 nitrogen and oxygen atoms in total. The molecule has 130 valence electrons. The van der Waals surface area contributed by atoms with Gasteiger partial charge in [0, 0.05) is 37.2 Å². The Labute approximate surface area is 153 Å². The van der Waals surface area contributed by atoms with Gasteiger partial charge in [-0.2, -0.15) is 4.98 Å². The van der Waals surface area contributed by atoms with E-state index in [0.717, 1.165) is 36.5 Å². The summed E-state index contributed by atoms with van der Waals surface area (Å²) in [6.07, 6.45) is 6.92. The highest BCUT2D eigenvalue weighted by Crippen LogP contribution is 2.26. The van der Waals surface area contributed by atoms with Crippen LogP contribution in [0.2, 0.25) is 0 Å². The van der Waals surface area contributed by atoms with Crippen LogP contribution in [0.15, 0.2) is 67.0 Å². The van der Waals surface area contributed by atoms with Crippen molar-refractivity contribution in [3.63, 3.8) is 0 Å². The molecule has 0 atom stereocenters. The molecule has 0 fully saturated rings. The number of para-hydroxylation sites is 1. The van der Waals surface area contributed by atoms with Crippen LogP contribution in [0.25, 0.3) is 5.57 Å². The van der Waals surface area contributed by atoms with Crippen LogP contribution in [0.4, 0.5) is 5.95 Å². The Kier molecular flexibility index (Phi) is 4.60. The molecule has 0 saturated heterocycles. The lowest BCUT2D eigenvalue weighted by Crippen LogP contribution is -2.31. The van der Waals surface area contributed by atoms with E-state index in [2.05, 4.69) is 32.0 Å². The molecule has 26 heavy (non-hydrogen) atoms. The maximum Gasteiger partial charge on any atom is 0.229 e. The summed E-state index contributed by atoms with van der Waals surface area (Å²) in [5, 5.41) is 0. The monoisotopic (exact) mass is 344 g/mol. The predicted molar refractivity (Wildman–Crippen MR) is 102 cm³/mol. The van der Waals surface area contributed by atoms with Gasteiger partial charge in [-0.1, -0.05) is 30.3 Å². The van der Waals surface area contributed by atoms with Gasteiger partial charge in [0.2, 0.25) is 11.8 Å². The topological polar surface area (TPSA) is 51.1 Å². The Bertz CT molecular complexity index is 910. The Morgan fingerprint density at radius 3 is 2.73 bits per heavy atom. The van der Waals surface area contributed by atoms with E-state index in [1.54, 1.807) is 6.20 Å². The number of hydrogen-bond acceptors (Lipinski definition) is 5. The molecule has 0 saturated carbocycles. The number of rotatable bonds is 4. The molecule has 3 heterocycles. The summed E-state index contributed by atoms with van der Waals surface area (Å²) >= 11 is 0. The normalized spacial score (nSPS) is 14.0. The van der Waals surface area contributed by atoms with Crippen molar-refractivity contribution in [2.24, 2.45) is 0 Å². The molecule has 5 heteroatoms. The fourth-order valence-electron chi connectivity index (χ4n) is 3.00. The number of pyridine rings is 1. The summed E-state index contributed by atoms with van der Waals surface area (Å²) < 4.78 is 5.90. The predicted octanol–water partition coefficient (Wildman–Crippen LogP) is 4.27. The first-order valence-electron chi connectivity index (χ1n) is 8.71. The summed E-state index contributed by atoms with van der Waals surface area (Å²) in [6.45, 7) is 3.61. The summed E-state index contributed by atoms with van der Waals surface area (Å²) in [7, 11) is 0. The van der Waals surface area contributed by atoms with Gasteiger partial charge >= 0.3 is 0 Å². The van der Waals surface area contributed by atoms with E-state index in [0.29, 0.717) is 11.8 Å². The van der Waals surface area contributed by atoms with Gasteiger partial charge in [-0.25, -0.2) is 4.98 Å². The number of nitrogens with zero attached hydrogens (tertiary/aromatic N) is 4. The van der Waals surface area contributed by atoms with E-state index in [4.69, 9.17) is 4.74 Å². The first-order chi connectivity index (χ1) is 12.8.